The van der Waals surface area contributed by atoms with Gasteiger partial charge >= 0.3 is 0 Å². The number of amides is 1. The molecule has 3 N–H and O–H groups in total. The molecule has 0 fully saturated rings. The summed E-state index contributed by atoms with van der Waals surface area (Å²) in [6.07, 6.45) is 1.02. The monoisotopic (exact) mass is 308 g/mol. The van der Waals surface area contributed by atoms with Gasteiger partial charge in [-0.2, -0.15) is 0 Å². The van der Waals surface area contributed by atoms with Crippen molar-refractivity contribution in [2.24, 2.45) is 5.73 Å². The van der Waals surface area contributed by atoms with Crippen LogP contribution in [0.2, 0.25) is 0 Å². The van der Waals surface area contributed by atoms with Gasteiger partial charge in [-0.05, 0) is 31.0 Å². The third kappa shape index (κ3) is 3.94. The summed E-state index contributed by atoms with van der Waals surface area (Å²) in [6.45, 7) is 3.88. The van der Waals surface area contributed by atoms with Crippen LogP contribution in [0.5, 0.6) is 0 Å². The van der Waals surface area contributed by atoms with Gasteiger partial charge < -0.3 is 11.1 Å². The molecule has 106 valence electrons. The molecule has 2 aromatic rings. The molecule has 7 heteroatoms. The molecule has 5 nitrogen and oxygen atoms in total. The molecule has 0 aliphatic heterocycles. The van der Waals surface area contributed by atoms with Crippen LogP contribution in [0, 0.1) is 0 Å². The van der Waals surface area contributed by atoms with Gasteiger partial charge in [0.2, 0.25) is 11.0 Å². The summed E-state index contributed by atoms with van der Waals surface area (Å²) in [4.78, 5) is 11.0. The van der Waals surface area contributed by atoms with Gasteiger partial charge in [-0.25, -0.2) is 0 Å². The van der Waals surface area contributed by atoms with Gasteiger partial charge in [0, 0.05) is 5.69 Å². The molecule has 20 heavy (non-hydrogen) atoms. The number of primary amides is 1. The Labute approximate surface area is 126 Å². The van der Waals surface area contributed by atoms with E-state index in [0.717, 1.165) is 16.4 Å². The number of hydrogen-bond acceptors (Lipinski definition) is 6. The lowest BCUT2D eigenvalue weighted by Crippen LogP contribution is -2.22. The van der Waals surface area contributed by atoms with Crippen LogP contribution in [0.1, 0.15) is 19.4 Å². The lowest BCUT2D eigenvalue weighted by molar-refractivity contribution is -0.117. The van der Waals surface area contributed by atoms with Crippen molar-refractivity contribution in [1.29, 1.82) is 0 Å². The van der Waals surface area contributed by atoms with E-state index in [1.807, 2.05) is 12.1 Å². The molecule has 1 aromatic carbocycles. The maximum Gasteiger partial charge on any atom is 0.230 e. The van der Waals surface area contributed by atoms with Gasteiger partial charge in [0.25, 0.3) is 0 Å². The number of nitrogens with two attached hydrogens (primary N) is 1. The van der Waals surface area contributed by atoms with Crippen molar-refractivity contribution < 1.29 is 4.79 Å². The molecule has 0 aliphatic rings. The van der Waals surface area contributed by atoms with Crippen LogP contribution in [0.4, 0.5) is 10.8 Å². The number of rotatable bonds is 6. The SMILES string of the molecule is CCc1ccc(Nc2nnc(SC(C)C(N)=O)s2)cc1. The van der Waals surface area contributed by atoms with Crippen molar-refractivity contribution in [2.45, 2.75) is 29.9 Å². The molecule has 1 aromatic heterocycles. The van der Waals surface area contributed by atoms with E-state index < -0.39 is 0 Å². The zero-order valence-electron chi connectivity index (χ0n) is 11.3. The molecule has 0 bridgehead atoms. The summed E-state index contributed by atoms with van der Waals surface area (Å²) in [5.41, 5.74) is 7.48. The normalized spacial score (nSPS) is 12.1. The lowest BCUT2D eigenvalue weighted by atomic mass is 10.1. The van der Waals surface area contributed by atoms with Crippen LogP contribution in [-0.4, -0.2) is 21.4 Å². The van der Waals surface area contributed by atoms with Crippen LogP contribution >= 0.6 is 23.1 Å². The summed E-state index contributed by atoms with van der Waals surface area (Å²) in [7, 11) is 0. The summed E-state index contributed by atoms with van der Waals surface area (Å²) < 4.78 is 0.726. The van der Waals surface area contributed by atoms with Gasteiger partial charge in [0.1, 0.15) is 0 Å². The van der Waals surface area contributed by atoms with E-state index in [9.17, 15) is 4.79 Å². The van der Waals surface area contributed by atoms with Crippen LogP contribution in [0.3, 0.4) is 0 Å². The molecule has 0 saturated carbocycles. The number of hydrogen-bond donors (Lipinski definition) is 2. The van der Waals surface area contributed by atoms with Crippen molar-refractivity contribution in [3.8, 4) is 0 Å². The van der Waals surface area contributed by atoms with Crippen LogP contribution in [0.15, 0.2) is 28.6 Å². The minimum Gasteiger partial charge on any atom is -0.369 e. The van der Waals surface area contributed by atoms with Crippen molar-refractivity contribution in [3.63, 3.8) is 0 Å². The van der Waals surface area contributed by atoms with E-state index in [1.165, 1.54) is 28.7 Å². The van der Waals surface area contributed by atoms with Crippen molar-refractivity contribution in [2.75, 3.05) is 5.32 Å². The fourth-order valence-electron chi connectivity index (χ4n) is 1.46. The molecule has 1 heterocycles. The maximum absolute atomic E-state index is 11.0. The summed E-state index contributed by atoms with van der Waals surface area (Å²) in [5.74, 6) is -0.352. The number of anilines is 2. The summed E-state index contributed by atoms with van der Waals surface area (Å²) >= 11 is 2.72. The number of benzene rings is 1. The number of carbonyl (C=O) groups is 1. The molecule has 0 aliphatic carbocycles. The highest BCUT2D eigenvalue weighted by Crippen LogP contribution is 2.30. The van der Waals surface area contributed by atoms with Gasteiger partial charge in [0.15, 0.2) is 4.34 Å². The molecule has 0 radical (unpaired) electrons. The highest BCUT2D eigenvalue weighted by molar-refractivity contribution is 8.02. The number of aromatic nitrogens is 2. The molecule has 1 unspecified atom stereocenters. The van der Waals surface area contributed by atoms with Crippen molar-refractivity contribution in [1.82, 2.24) is 10.2 Å². The molecule has 1 amide bonds. The first-order chi connectivity index (χ1) is 9.58. The number of nitrogens with zero attached hydrogens (tertiary/aromatic N) is 2. The van der Waals surface area contributed by atoms with E-state index in [-0.39, 0.29) is 11.2 Å². The first-order valence-corrected chi connectivity index (χ1v) is 7.93. The quantitative estimate of drug-likeness (QED) is 0.802. The Morgan fingerprint density at radius 1 is 1.40 bits per heavy atom. The molecule has 2 rings (SSSR count). The predicted octanol–water partition coefficient (Wildman–Crippen LogP) is 2.81. The van der Waals surface area contributed by atoms with Crippen LogP contribution in [-0.2, 0) is 11.2 Å². The van der Waals surface area contributed by atoms with Crippen LogP contribution < -0.4 is 11.1 Å². The summed E-state index contributed by atoms with van der Waals surface area (Å²) in [5, 5.41) is 11.7. The third-order valence-corrected chi connectivity index (χ3v) is 4.74. The highest BCUT2D eigenvalue weighted by atomic mass is 32.2. The molecule has 0 spiro atoms. The zero-order valence-corrected chi connectivity index (χ0v) is 12.9. The zero-order chi connectivity index (χ0) is 14.5. The molecular formula is C13H16N4OS2. The second kappa shape index (κ2) is 6.71. The Morgan fingerprint density at radius 2 is 2.10 bits per heavy atom. The first kappa shape index (κ1) is 14.8. The Morgan fingerprint density at radius 3 is 2.70 bits per heavy atom. The smallest absolute Gasteiger partial charge is 0.230 e. The third-order valence-electron chi connectivity index (χ3n) is 2.70. The fourth-order valence-corrected chi connectivity index (χ4v) is 3.33. The number of thioether (sulfide) groups is 1. The second-order valence-electron chi connectivity index (χ2n) is 4.21. The lowest BCUT2D eigenvalue weighted by Gasteiger charge is -2.03. The standard InChI is InChI=1S/C13H16N4OS2/c1-3-9-4-6-10(7-5-9)15-12-16-17-13(20-12)19-8(2)11(14)18/h4-8H,3H2,1-2H3,(H2,14,18)(H,15,16). The minimum atomic E-state index is -0.352. The number of nitrogens with one attached hydrogen (secondary N) is 1. The molecular weight excluding hydrogens is 292 g/mol. The molecule has 0 saturated heterocycles. The first-order valence-electron chi connectivity index (χ1n) is 6.24. The average Bonchev–Trinajstić information content (AvgIpc) is 2.86. The average molecular weight is 308 g/mol. The number of carbonyl (C=O) groups excluding carboxylic acids is 1. The van der Waals surface area contributed by atoms with Crippen LogP contribution in [0.25, 0.3) is 0 Å². The van der Waals surface area contributed by atoms with E-state index >= 15 is 0 Å². The Kier molecular flexibility index (Phi) is 4.97. The topological polar surface area (TPSA) is 80.9 Å². The van der Waals surface area contributed by atoms with Crippen molar-refractivity contribution in [3.05, 3.63) is 29.8 Å². The van der Waals surface area contributed by atoms with Gasteiger partial charge in [0.05, 0.1) is 5.25 Å². The van der Waals surface area contributed by atoms with E-state index in [1.54, 1.807) is 6.92 Å². The van der Waals surface area contributed by atoms with Gasteiger partial charge in [-0.15, -0.1) is 10.2 Å². The minimum absolute atomic E-state index is 0.306. The Balaban J connectivity index is 1.99. The van der Waals surface area contributed by atoms with Gasteiger partial charge in [-0.3, -0.25) is 4.79 Å². The fraction of sp³-hybridized carbons (Fsp3) is 0.308. The highest BCUT2D eigenvalue weighted by Gasteiger charge is 2.14. The second-order valence-corrected chi connectivity index (χ2v) is 6.78. The summed E-state index contributed by atoms with van der Waals surface area (Å²) in [6, 6.07) is 8.18. The van der Waals surface area contributed by atoms with Gasteiger partial charge in [-0.1, -0.05) is 42.2 Å². The van der Waals surface area contributed by atoms with E-state index in [4.69, 9.17) is 5.73 Å². The van der Waals surface area contributed by atoms with E-state index in [0.29, 0.717) is 5.13 Å². The van der Waals surface area contributed by atoms with Crippen molar-refractivity contribution >= 4 is 39.8 Å². The molecule has 1 atom stereocenters. The van der Waals surface area contributed by atoms with E-state index in [2.05, 4.69) is 34.6 Å². The predicted molar refractivity (Wildman–Crippen MR) is 83.5 cm³/mol. The largest absolute Gasteiger partial charge is 0.369 e. The number of aryl methyl sites for hydroxylation is 1. The maximum atomic E-state index is 11.0. The Hall–Kier alpha value is -1.60. The Bertz CT molecular complexity index is 582.